The first-order chi connectivity index (χ1) is 4.22. The number of rotatable bonds is 4. The van der Waals surface area contributed by atoms with E-state index in [9.17, 15) is 0 Å². The second kappa shape index (κ2) is 5.44. The first-order valence-corrected chi connectivity index (χ1v) is 4.67. The third-order valence-corrected chi connectivity index (χ3v) is 2.09. The summed E-state index contributed by atoms with van der Waals surface area (Å²) in [6.45, 7) is 1.99. The molecule has 56 valence electrons. The van der Waals surface area contributed by atoms with E-state index in [0.29, 0.717) is 10.8 Å². The van der Waals surface area contributed by atoms with Crippen LogP contribution in [0.25, 0.3) is 0 Å². The Bertz CT molecular complexity index is 68.1. The van der Waals surface area contributed by atoms with E-state index in [1.807, 2.05) is 6.92 Å². The van der Waals surface area contributed by atoms with Crippen LogP contribution in [0.2, 0.25) is 0 Å². The highest BCUT2D eigenvalue weighted by molar-refractivity contribution is 14.1. The highest BCUT2D eigenvalue weighted by Crippen LogP contribution is 2.04. The first kappa shape index (κ1) is 9.65. The second-order valence-corrected chi connectivity index (χ2v) is 2.96. The Morgan fingerprint density at radius 2 is 1.89 bits per heavy atom. The summed E-state index contributed by atoms with van der Waals surface area (Å²) in [4.78, 5) is 0. The average Bonchev–Trinajstić information content (AvgIpc) is 1.87. The zero-order valence-electron chi connectivity index (χ0n) is 5.55. The van der Waals surface area contributed by atoms with Crippen LogP contribution in [0.3, 0.4) is 0 Å². The van der Waals surface area contributed by atoms with Crippen molar-refractivity contribution in [3.63, 3.8) is 0 Å². The number of aliphatic hydroxyl groups is 2. The molecule has 0 aromatic carbocycles. The van der Waals surface area contributed by atoms with Crippen molar-refractivity contribution in [3.05, 3.63) is 0 Å². The van der Waals surface area contributed by atoms with E-state index < -0.39 is 12.2 Å². The molecule has 0 aliphatic carbocycles. The molecule has 0 rings (SSSR count). The predicted molar refractivity (Wildman–Crippen MR) is 45.8 cm³/mol. The number of alkyl halides is 1. The van der Waals surface area contributed by atoms with E-state index in [4.69, 9.17) is 10.2 Å². The lowest BCUT2D eigenvalue weighted by Crippen LogP contribution is -2.26. The molecule has 2 N–H and O–H groups in total. The van der Waals surface area contributed by atoms with E-state index in [0.717, 1.165) is 6.42 Å². The number of aliphatic hydroxyl groups excluding tert-OH is 2. The quantitative estimate of drug-likeness (QED) is 0.570. The lowest BCUT2D eigenvalue weighted by molar-refractivity contribution is 0.0304. The van der Waals surface area contributed by atoms with Crippen LogP contribution >= 0.6 is 22.6 Å². The molecule has 0 aromatic rings. The van der Waals surface area contributed by atoms with E-state index in [1.165, 1.54) is 0 Å². The molecule has 3 heteroatoms. The van der Waals surface area contributed by atoms with Crippen LogP contribution < -0.4 is 0 Å². The van der Waals surface area contributed by atoms with Crippen molar-refractivity contribution in [1.82, 2.24) is 0 Å². The van der Waals surface area contributed by atoms with Gasteiger partial charge in [0.15, 0.2) is 0 Å². The van der Waals surface area contributed by atoms with Gasteiger partial charge >= 0.3 is 0 Å². The first-order valence-electron chi connectivity index (χ1n) is 3.14. The summed E-state index contributed by atoms with van der Waals surface area (Å²) >= 11 is 2.06. The fourth-order valence-corrected chi connectivity index (χ4v) is 1.18. The smallest absolute Gasteiger partial charge is 0.0888 e. The van der Waals surface area contributed by atoms with Gasteiger partial charge in [-0.1, -0.05) is 35.9 Å². The van der Waals surface area contributed by atoms with Crippen LogP contribution in [0, 0.1) is 0 Å². The maximum absolute atomic E-state index is 9.06. The molecule has 9 heavy (non-hydrogen) atoms. The number of hydrogen-bond acceptors (Lipinski definition) is 2. The van der Waals surface area contributed by atoms with Crippen molar-refractivity contribution in [3.8, 4) is 0 Å². The predicted octanol–water partition coefficient (Wildman–Crippen LogP) is 0.943. The van der Waals surface area contributed by atoms with Gasteiger partial charge in [-0.25, -0.2) is 0 Å². The van der Waals surface area contributed by atoms with E-state index >= 15 is 0 Å². The molecule has 0 aliphatic heterocycles. The Hall–Kier alpha value is 0.650. The number of hydrogen-bond donors (Lipinski definition) is 2. The highest BCUT2D eigenvalue weighted by Gasteiger charge is 2.12. The fraction of sp³-hybridized carbons (Fsp3) is 1.00. The van der Waals surface area contributed by atoms with Gasteiger partial charge in [0.1, 0.15) is 0 Å². The SMILES string of the molecule is CCC[C@@H](O)[C@H](O)CI. The lowest BCUT2D eigenvalue weighted by Gasteiger charge is -2.13. The van der Waals surface area contributed by atoms with Gasteiger partial charge in [0.2, 0.25) is 0 Å². The normalized spacial score (nSPS) is 17.3. The lowest BCUT2D eigenvalue weighted by atomic mass is 10.1. The average molecular weight is 244 g/mol. The van der Waals surface area contributed by atoms with E-state index in [1.54, 1.807) is 0 Å². The minimum atomic E-state index is -0.537. The van der Waals surface area contributed by atoms with Gasteiger partial charge in [-0.2, -0.15) is 0 Å². The zero-order chi connectivity index (χ0) is 7.28. The summed E-state index contributed by atoms with van der Waals surface area (Å²) in [6, 6.07) is 0. The molecule has 0 fully saturated rings. The zero-order valence-corrected chi connectivity index (χ0v) is 7.71. The summed E-state index contributed by atoms with van der Waals surface area (Å²) in [7, 11) is 0. The molecule has 0 amide bonds. The molecule has 0 saturated heterocycles. The van der Waals surface area contributed by atoms with Crippen molar-refractivity contribution in [2.24, 2.45) is 0 Å². The molecule has 0 radical (unpaired) electrons. The van der Waals surface area contributed by atoms with Gasteiger partial charge in [-0.3, -0.25) is 0 Å². The molecule has 0 aliphatic rings. The molecule has 0 spiro atoms. The van der Waals surface area contributed by atoms with Crippen LogP contribution in [0.5, 0.6) is 0 Å². The maximum atomic E-state index is 9.06. The minimum Gasteiger partial charge on any atom is -0.390 e. The molecule has 0 heterocycles. The third kappa shape index (κ3) is 4.11. The standard InChI is InChI=1S/C6H13IO2/c1-2-3-5(8)6(9)4-7/h5-6,8-9H,2-4H2,1H3/t5-,6-/m1/s1. The molecule has 0 unspecified atom stereocenters. The Balaban J connectivity index is 3.32. The monoisotopic (exact) mass is 244 g/mol. The summed E-state index contributed by atoms with van der Waals surface area (Å²) in [5.74, 6) is 0. The van der Waals surface area contributed by atoms with Crippen LogP contribution in [0.15, 0.2) is 0 Å². The Labute approximate surface area is 69.4 Å². The van der Waals surface area contributed by atoms with E-state index in [-0.39, 0.29) is 0 Å². The summed E-state index contributed by atoms with van der Waals surface area (Å²) < 4.78 is 0.610. The van der Waals surface area contributed by atoms with Gasteiger partial charge in [-0.05, 0) is 6.42 Å². The van der Waals surface area contributed by atoms with Crippen molar-refractivity contribution < 1.29 is 10.2 Å². The van der Waals surface area contributed by atoms with Gasteiger partial charge < -0.3 is 10.2 Å². The molecular formula is C6H13IO2. The molecule has 2 nitrogen and oxygen atoms in total. The van der Waals surface area contributed by atoms with Crippen LogP contribution in [0.4, 0.5) is 0 Å². The molecule has 0 bridgehead atoms. The maximum Gasteiger partial charge on any atom is 0.0888 e. The van der Waals surface area contributed by atoms with Gasteiger partial charge in [0.05, 0.1) is 12.2 Å². The molecule has 0 saturated carbocycles. The van der Waals surface area contributed by atoms with Crippen LogP contribution in [-0.2, 0) is 0 Å². The largest absolute Gasteiger partial charge is 0.390 e. The summed E-state index contributed by atoms with van der Waals surface area (Å²) in [5, 5.41) is 18.1. The Morgan fingerprint density at radius 1 is 1.33 bits per heavy atom. The Morgan fingerprint density at radius 3 is 2.22 bits per heavy atom. The molecule has 2 atom stereocenters. The number of halogens is 1. The fourth-order valence-electron chi connectivity index (χ4n) is 0.591. The Kier molecular flexibility index (Phi) is 5.83. The third-order valence-electron chi connectivity index (χ3n) is 1.19. The van der Waals surface area contributed by atoms with Gasteiger partial charge in [0.25, 0.3) is 0 Å². The second-order valence-electron chi connectivity index (χ2n) is 2.08. The molecule has 0 aromatic heterocycles. The van der Waals surface area contributed by atoms with Gasteiger partial charge in [-0.15, -0.1) is 0 Å². The topological polar surface area (TPSA) is 40.5 Å². The van der Waals surface area contributed by atoms with Gasteiger partial charge in [0, 0.05) is 4.43 Å². The summed E-state index contributed by atoms with van der Waals surface area (Å²) in [5.41, 5.74) is 0. The van der Waals surface area contributed by atoms with Crippen molar-refractivity contribution >= 4 is 22.6 Å². The molecular weight excluding hydrogens is 231 g/mol. The minimum absolute atomic E-state index is 0.521. The van der Waals surface area contributed by atoms with Crippen molar-refractivity contribution in [2.75, 3.05) is 4.43 Å². The summed E-state index contributed by atoms with van der Waals surface area (Å²) in [6.07, 6.45) is 0.566. The van der Waals surface area contributed by atoms with E-state index in [2.05, 4.69) is 22.6 Å². The highest BCUT2D eigenvalue weighted by atomic mass is 127. The van der Waals surface area contributed by atoms with Crippen molar-refractivity contribution in [1.29, 1.82) is 0 Å². The van der Waals surface area contributed by atoms with Crippen molar-refractivity contribution in [2.45, 2.75) is 32.0 Å². The van der Waals surface area contributed by atoms with Crippen LogP contribution in [-0.4, -0.2) is 26.8 Å². The van der Waals surface area contributed by atoms with Crippen LogP contribution in [0.1, 0.15) is 19.8 Å².